The van der Waals surface area contributed by atoms with E-state index < -0.39 is 0 Å². The van der Waals surface area contributed by atoms with E-state index in [0.717, 1.165) is 18.7 Å². The van der Waals surface area contributed by atoms with Crippen LogP contribution in [-0.4, -0.2) is 27.2 Å². The highest BCUT2D eigenvalue weighted by atomic mass is 35.5. The number of ether oxygens (including phenoxy) is 1. The lowest BCUT2D eigenvalue weighted by atomic mass is 9.91. The molecule has 0 aliphatic carbocycles. The Morgan fingerprint density at radius 2 is 2.05 bits per heavy atom. The summed E-state index contributed by atoms with van der Waals surface area (Å²) in [5, 5.41) is 8.92. The van der Waals surface area contributed by atoms with E-state index in [9.17, 15) is 0 Å². The van der Waals surface area contributed by atoms with Crippen LogP contribution in [0.25, 0.3) is 5.69 Å². The Morgan fingerprint density at radius 1 is 1.32 bits per heavy atom. The zero-order valence-electron chi connectivity index (χ0n) is 11.0. The molecule has 1 atom stereocenters. The molecule has 5 heteroatoms. The standard InChI is InChI=1S/C14H16ClN3O/c1-14(2)8-11(9-19-14)10-3-4-12(15)13(7-10)18-16-5-6-17-18/h3-7,11H,8-9H2,1-2H3/t11-/m1/s1. The van der Waals surface area contributed by atoms with Gasteiger partial charge in [-0.3, -0.25) is 0 Å². The van der Waals surface area contributed by atoms with Crippen LogP contribution in [0.3, 0.4) is 0 Å². The predicted octanol–water partition coefficient (Wildman–Crippen LogP) is 3.20. The van der Waals surface area contributed by atoms with Gasteiger partial charge in [-0.25, -0.2) is 0 Å². The average molecular weight is 278 g/mol. The Labute approximate surface area is 117 Å². The van der Waals surface area contributed by atoms with E-state index in [-0.39, 0.29) is 5.60 Å². The smallest absolute Gasteiger partial charge is 0.104 e. The van der Waals surface area contributed by atoms with Crippen LogP contribution in [0.2, 0.25) is 5.02 Å². The lowest BCUT2D eigenvalue weighted by molar-refractivity contribution is 0.0361. The maximum absolute atomic E-state index is 6.22. The molecule has 100 valence electrons. The van der Waals surface area contributed by atoms with Crippen LogP contribution in [0.5, 0.6) is 0 Å². The van der Waals surface area contributed by atoms with E-state index in [1.54, 1.807) is 17.2 Å². The minimum Gasteiger partial charge on any atom is -0.375 e. The highest BCUT2D eigenvalue weighted by Crippen LogP contribution is 2.37. The number of hydrogen-bond acceptors (Lipinski definition) is 3. The summed E-state index contributed by atoms with van der Waals surface area (Å²) in [5.41, 5.74) is 1.99. The molecule has 0 saturated carbocycles. The Hall–Kier alpha value is -1.39. The highest BCUT2D eigenvalue weighted by molar-refractivity contribution is 6.32. The topological polar surface area (TPSA) is 39.9 Å². The first-order valence-electron chi connectivity index (χ1n) is 6.35. The molecule has 1 saturated heterocycles. The second kappa shape index (κ2) is 4.62. The first kappa shape index (κ1) is 12.6. The summed E-state index contributed by atoms with van der Waals surface area (Å²) >= 11 is 6.22. The van der Waals surface area contributed by atoms with Crippen molar-refractivity contribution in [2.24, 2.45) is 0 Å². The van der Waals surface area contributed by atoms with Gasteiger partial charge >= 0.3 is 0 Å². The molecule has 0 N–H and O–H groups in total. The van der Waals surface area contributed by atoms with Crippen molar-refractivity contribution >= 4 is 11.6 Å². The number of halogens is 1. The summed E-state index contributed by atoms with van der Waals surface area (Å²) < 4.78 is 5.80. The summed E-state index contributed by atoms with van der Waals surface area (Å²) in [7, 11) is 0. The molecule has 1 aliphatic heterocycles. The minimum absolute atomic E-state index is 0.0472. The number of aromatic nitrogens is 3. The summed E-state index contributed by atoms with van der Waals surface area (Å²) in [4.78, 5) is 1.55. The zero-order valence-corrected chi connectivity index (χ0v) is 11.8. The fraction of sp³-hybridized carbons (Fsp3) is 0.429. The zero-order chi connectivity index (χ0) is 13.5. The van der Waals surface area contributed by atoms with Crippen molar-refractivity contribution in [2.75, 3.05) is 6.61 Å². The third kappa shape index (κ3) is 2.51. The maximum atomic E-state index is 6.22. The number of rotatable bonds is 2. The molecule has 1 aromatic heterocycles. The van der Waals surface area contributed by atoms with E-state index in [0.29, 0.717) is 10.9 Å². The Bertz CT molecular complexity index is 580. The molecule has 1 aromatic carbocycles. The molecule has 3 rings (SSSR count). The van der Waals surface area contributed by atoms with Gasteiger partial charge in [0, 0.05) is 5.92 Å². The van der Waals surface area contributed by atoms with E-state index >= 15 is 0 Å². The molecule has 0 spiro atoms. The van der Waals surface area contributed by atoms with Gasteiger partial charge in [-0.2, -0.15) is 15.0 Å². The first-order chi connectivity index (χ1) is 9.05. The van der Waals surface area contributed by atoms with Crippen molar-refractivity contribution in [3.05, 3.63) is 41.2 Å². The van der Waals surface area contributed by atoms with Gasteiger partial charge in [0.2, 0.25) is 0 Å². The van der Waals surface area contributed by atoms with Gasteiger partial charge in [-0.1, -0.05) is 17.7 Å². The predicted molar refractivity (Wildman–Crippen MR) is 73.8 cm³/mol. The molecular formula is C14H16ClN3O. The molecular weight excluding hydrogens is 262 g/mol. The van der Waals surface area contributed by atoms with Gasteiger partial charge in [0.25, 0.3) is 0 Å². The molecule has 2 aromatic rings. The van der Waals surface area contributed by atoms with Gasteiger partial charge in [-0.15, -0.1) is 0 Å². The average Bonchev–Trinajstić information content (AvgIpc) is 2.99. The van der Waals surface area contributed by atoms with Crippen molar-refractivity contribution in [3.63, 3.8) is 0 Å². The molecule has 0 radical (unpaired) electrons. The minimum atomic E-state index is -0.0472. The van der Waals surface area contributed by atoms with Crippen LogP contribution in [0, 0.1) is 0 Å². The largest absolute Gasteiger partial charge is 0.375 e. The van der Waals surface area contributed by atoms with Crippen molar-refractivity contribution in [3.8, 4) is 5.69 Å². The maximum Gasteiger partial charge on any atom is 0.104 e. The van der Waals surface area contributed by atoms with E-state index in [1.807, 2.05) is 6.07 Å². The van der Waals surface area contributed by atoms with Gasteiger partial charge < -0.3 is 4.74 Å². The SMILES string of the molecule is CC1(C)C[C@@H](c2ccc(Cl)c(-n3nccn3)c2)CO1. The molecule has 0 bridgehead atoms. The molecule has 1 fully saturated rings. The number of hydrogen-bond donors (Lipinski definition) is 0. The normalized spacial score (nSPS) is 21.7. The Morgan fingerprint density at radius 3 is 2.68 bits per heavy atom. The molecule has 2 heterocycles. The highest BCUT2D eigenvalue weighted by Gasteiger charge is 2.33. The van der Waals surface area contributed by atoms with Crippen LogP contribution >= 0.6 is 11.6 Å². The van der Waals surface area contributed by atoms with Gasteiger partial charge in [-0.05, 0) is 38.0 Å². The van der Waals surface area contributed by atoms with Crippen molar-refractivity contribution < 1.29 is 4.74 Å². The van der Waals surface area contributed by atoms with E-state index in [2.05, 4.69) is 36.2 Å². The number of benzene rings is 1. The first-order valence-corrected chi connectivity index (χ1v) is 6.73. The van der Waals surface area contributed by atoms with Crippen LogP contribution in [-0.2, 0) is 4.74 Å². The summed E-state index contributed by atoms with van der Waals surface area (Å²) in [5.74, 6) is 0.404. The van der Waals surface area contributed by atoms with Gasteiger partial charge in [0.1, 0.15) is 5.69 Å². The second-order valence-electron chi connectivity index (χ2n) is 5.50. The summed E-state index contributed by atoms with van der Waals surface area (Å²) in [6, 6.07) is 6.02. The molecule has 4 nitrogen and oxygen atoms in total. The Balaban J connectivity index is 1.94. The van der Waals surface area contributed by atoms with E-state index in [4.69, 9.17) is 16.3 Å². The lowest BCUT2D eigenvalue weighted by Gasteiger charge is -2.16. The fourth-order valence-electron chi connectivity index (χ4n) is 2.53. The van der Waals surface area contributed by atoms with E-state index in [1.165, 1.54) is 5.56 Å². The van der Waals surface area contributed by atoms with Gasteiger partial charge in [0.05, 0.1) is 29.6 Å². The van der Waals surface area contributed by atoms with Crippen LogP contribution in [0.15, 0.2) is 30.6 Å². The molecule has 0 amide bonds. The fourth-order valence-corrected chi connectivity index (χ4v) is 2.72. The van der Waals surface area contributed by atoms with Crippen molar-refractivity contribution in [1.29, 1.82) is 0 Å². The lowest BCUT2D eigenvalue weighted by Crippen LogP contribution is -2.16. The van der Waals surface area contributed by atoms with Crippen LogP contribution in [0.4, 0.5) is 0 Å². The third-order valence-electron chi connectivity index (χ3n) is 3.49. The number of nitrogens with zero attached hydrogens (tertiary/aromatic N) is 3. The quantitative estimate of drug-likeness (QED) is 0.846. The van der Waals surface area contributed by atoms with Crippen molar-refractivity contribution in [2.45, 2.75) is 31.8 Å². The monoisotopic (exact) mass is 277 g/mol. The van der Waals surface area contributed by atoms with Crippen molar-refractivity contribution in [1.82, 2.24) is 15.0 Å². The summed E-state index contributed by atoms with van der Waals surface area (Å²) in [6.07, 6.45) is 4.30. The molecule has 19 heavy (non-hydrogen) atoms. The molecule has 0 unspecified atom stereocenters. The molecule has 1 aliphatic rings. The third-order valence-corrected chi connectivity index (χ3v) is 3.81. The van der Waals surface area contributed by atoms with Crippen LogP contribution in [0.1, 0.15) is 31.7 Å². The second-order valence-corrected chi connectivity index (χ2v) is 5.91. The van der Waals surface area contributed by atoms with Gasteiger partial charge in [0.15, 0.2) is 0 Å². The Kier molecular flexibility index (Phi) is 3.07. The van der Waals surface area contributed by atoms with Crippen LogP contribution < -0.4 is 0 Å². The summed E-state index contributed by atoms with van der Waals surface area (Å²) in [6.45, 7) is 5.00.